The van der Waals surface area contributed by atoms with Gasteiger partial charge in [-0.15, -0.1) is 0 Å². The summed E-state index contributed by atoms with van der Waals surface area (Å²) in [6.07, 6.45) is 11.2. The zero-order chi connectivity index (χ0) is 18.3. The van der Waals surface area contributed by atoms with Gasteiger partial charge in [0.2, 0.25) is 0 Å². The van der Waals surface area contributed by atoms with E-state index in [9.17, 15) is 13.5 Å². The van der Waals surface area contributed by atoms with Crippen LogP contribution in [0.25, 0.3) is 0 Å². The average molecular weight is 369 g/mol. The van der Waals surface area contributed by atoms with Gasteiger partial charge in [-0.25, -0.2) is 8.42 Å². The summed E-state index contributed by atoms with van der Waals surface area (Å²) in [5.41, 5.74) is -0.122. The third-order valence-electron chi connectivity index (χ3n) is 9.38. The average Bonchev–Trinajstić information content (AvgIpc) is 2.85. The predicted octanol–water partition coefficient (Wildman–Crippen LogP) is 4.19. The fourth-order valence-electron chi connectivity index (χ4n) is 8.09. The minimum atomic E-state index is -2.96. The van der Waals surface area contributed by atoms with Crippen molar-refractivity contribution < 1.29 is 13.5 Å². The molecule has 144 valence electrons. The van der Waals surface area contributed by atoms with Crippen molar-refractivity contribution in [3.05, 3.63) is 0 Å². The molecule has 4 aliphatic rings. The molecule has 0 aromatic rings. The summed E-state index contributed by atoms with van der Waals surface area (Å²) in [7, 11) is -2.96. The Morgan fingerprint density at radius 2 is 1.52 bits per heavy atom. The van der Waals surface area contributed by atoms with E-state index < -0.39 is 15.4 Å². The van der Waals surface area contributed by atoms with Gasteiger partial charge < -0.3 is 5.11 Å². The number of aliphatic hydroxyl groups is 1. The summed E-state index contributed by atoms with van der Waals surface area (Å²) in [6, 6.07) is 0. The number of fused-ring (bicyclic) bond motifs is 5. The summed E-state index contributed by atoms with van der Waals surface area (Å²) in [4.78, 5) is 0. The van der Waals surface area contributed by atoms with Crippen LogP contribution in [0.3, 0.4) is 0 Å². The van der Waals surface area contributed by atoms with Crippen LogP contribution in [0.15, 0.2) is 0 Å². The molecule has 8 atom stereocenters. The molecular weight excluding hydrogens is 332 g/mol. The first-order valence-corrected chi connectivity index (χ1v) is 12.3. The molecule has 3 nitrogen and oxygen atoms in total. The van der Waals surface area contributed by atoms with Crippen molar-refractivity contribution in [2.24, 2.45) is 34.5 Å². The molecule has 0 saturated heterocycles. The highest BCUT2D eigenvalue weighted by Crippen LogP contribution is 2.67. The van der Waals surface area contributed by atoms with Gasteiger partial charge in [-0.1, -0.05) is 13.8 Å². The number of rotatable bonds is 1. The normalized spacial score (nSPS) is 56.0. The summed E-state index contributed by atoms with van der Waals surface area (Å²) < 4.78 is 24.8. The van der Waals surface area contributed by atoms with E-state index in [4.69, 9.17) is 0 Å². The maximum atomic E-state index is 12.4. The molecule has 0 aromatic carbocycles. The number of hydrogen-bond donors (Lipinski definition) is 1. The molecule has 0 aliphatic heterocycles. The Bertz CT molecular complexity index is 654. The summed E-state index contributed by atoms with van der Waals surface area (Å²) in [5.74, 6) is 2.67. The van der Waals surface area contributed by atoms with Crippen LogP contribution >= 0.6 is 0 Å². The first kappa shape index (κ1) is 18.3. The minimum absolute atomic E-state index is 0.00188. The maximum absolute atomic E-state index is 12.4. The second-order valence-electron chi connectivity index (χ2n) is 10.8. The molecule has 4 saturated carbocycles. The standard InChI is InChI=1S/C21H36O3S/c1-19(22)11-12-20(2)14(13-19)5-6-15-16-7-8-18(25(4,23)24)21(16,3)10-9-17(15)20/h14-18,22H,5-13H2,1-4H3/t14?,15?,16?,17?,18-,19+,20-,21-/m0/s1. The Kier molecular flexibility index (Phi) is 4.00. The smallest absolute Gasteiger partial charge is 0.150 e. The van der Waals surface area contributed by atoms with Crippen molar-refractivity contribution in [2.75, 3.05) is 6.26 Å². The Morgan fingerprint density at radius 1 is 0.840 bits per heavy atom. The third-order valence-corrected chi connectivity index (χ3v) is 11.2. The number of sulfone groups is 1. The van der Waals surface area contributed by atoms with Crippen molar-refractivity contribution in [3.8, 4) is 0 Å². The zero-order valence-electron chi connectivity index (χ0n) is 16.4. The third kappa shape index (κ3) is 2.64. The van der Waals surface area contributed by atoms with Crippen molar-refractivity contribution in [2.45, 2.75) is 89.4 Å². The van der Waals surface area contributed by atoms with E-state index in [0.29, 0.717) is 23.2 Å². The topological polar surface area (TPSA) is 54.4 Å². The van der Waals surface area contributed by atoms with Crippen LogP contribution in [0.1, 0.15) is 78.6 Å². The molecule has 0 aromatic heterocycles. The highest BCUT2D eigenvalue weighted by Gasteiger charge is 2.62. The molecule has 4 aliphatic carbocycles. The molecule has 1 N–H and O–H groups in total. The van der Waals surface area contributed by atoms with E-state index in [2.05, 4.69) is 13.8 Å². The summed E-state index contributed by atoms with van der Waals surface area (Å²) in [5, 5.41) is 10.5. The number of hydrogen-bond acceptors (Lipinski definition) is 3. The van der Waals surface area contributed by atoms with Gasteiger partial charge in [-0.2, -0.15) is 0 Å². The van der Waals surface area contributed by atoms with E-state index in [1.807, 2.05) is 6.92 Å². The molecule has 4 fully saturated rings. The fourth-order valence-corrected chi connectivity index (χ4v) is 9.92. The highest BCUT2D eigenvalue weighted by atomic mass is 32.2. The van der Waals surface area contributed by atoms with Gasteiger partial charge in [-0.05, 0) is 99.2 Å². The Balaban J connectivity index is 1.63. The van der Waals surface area contributed by atoms with Crippen LogP contribution < -0.4 is 0 Å². The van der Waals surface area contributed by atoms with Gasteiger partial charge in [0, 0.05) is 6.26 Å². The molecule has 4 unspecified atom stereocenters. The molecule has 0 bridgehead atoms. The van der Waals surface area contributed by atoms with Gasteiger partial charge in [-0.3, -0.25) is 0 Å². The predicted molar refractivity (Wildman–Crippen MR) is 101 cm³/mol. The fraction of sp³-hybridized carbons (Fsp3) is 1.00. The van der Waals surface area contributed by atoms with Crippen LogP contribution in [-0.2, 0) is 9.84 Å². The van der Waals surface area contributed by atoms with E-state index in [0.717, 1.165) is 44.4 Å². The lowest BCUT2D eigenvalue weighted by Crippen LogP contribution is -2.56. The zero-order valence-corrected chi connectivity index (χ0v) is 17.2. The van der Waals surface area contributed by atoms with E-state index in [1.54, 1.807) is 0 Å². The molecule has 25 heavy (non-hydrogen) atoms. The van der Waals surface area contributed by atoms with E-state index >= 15 is 0 Å². The molecule has 4 heteroatoms. The van der Waals surface area contributed by atoms with Crippen molar-refractivity contribution in [1.29, 1.82) is 0 Å². The molecule has 0 radical (unpaired) electrons. The Hall–Kier alpha value is -0.0900. The Morgan fingerprint density at radius 3 is 2.20 bits per heavy atom. The van der Waals surface area contributed by atoms with Crippen molar-refractivity contribution >= 4 is 9.84 Å². The lowest BCUT2D eigenvalue weighted by Gasteiger charge is -2.61. The van der Waals surface area contributed by atoms with Crippen LogP contribution in [0.5, 0.6) is 0 Å². The second-order valence-corrected chi connectivity index (χ2v) is 13.0. The molecule has 0 spiro atoms. The first-order valence-electron chi connectivity index (χ1n) is 10.4. The lowest BCUT2D eigenvalue weighted by molar-refractivity contribution is -0.141. The van der Waals surface area contributed by atoms with Gasteiger partial charge in [0.1, 0.15) is 0 Å². The quantitative estimate of drug-likeness (QED) is 0.755. The highest BCUT2D eigenvalue weighted by molar-refractivity contribution is 7.91. The van der Waals surface area contributed by atoms with Gasteiger partial charge in [0.25, 0.3) is 0 Å². The minimum Gasteiger partial charge on any atom is -0.390 e. The maximum Gasteiger partial charge on any atom is 0.150 e. The SMILES string of the molecule is C[C@@]1(O)CC[C@@]2(C)C(CCC3C2CC[C@@]2(C)C3CC[C@@H]2S(C)(=O)=O)C1. The second kappa shape index (κ2) is 5.47. The summed E-state index contributed by atoms with van der Waals surface area (Å²) >= 11 is 0. The van der Waals surface area contributed by atoms with Crippen LogP contribution in [0, 0.1) is 34.5 Å². The van der Waals surface area contributed by atoms with Crippen LogP contribution in [0.2, 0.25) is 0 Å². The van der Waals surface area contributed by atoms with Gasteiger partial charge in [0.15, 0.2) is 9.84 Å². The van der Waals surface area contributed by atoms with Crippen molar-refractivity contribution in [1.82, 2.24) is 0 Å². The molecule has 4 rings (SSSR count). The van der Waals surface area contributed by atoms with Crippen molar-refractivity contribution in [3.63, 3.8) is 0 Å². The van der Waals surface area contributed by atoms with Gasteiger partial charge in [0.05, 0.1) is 10.9 Å². The summed E-state index contributed by atoms with van der Waals surface area (Å²) in [6.45, 7) is 6.80. The van der Waals surface area contributed by atoms with Gasteiger partial charge >= 0.3 is 0 Å². The van der Waals surface area contributed by atoms with E-state index in [-0.39, 0.29) is 10.7 Å². The van der Waals surface area contributed by atoms with Crippen LogP contribution in [-0.4, -0.2) is 30.6 Å². The largest absolute Gasteiger partial charge is 0.390 e. The molecule has 0 heterocycles. The van der Waals surface area contributed by atoms with E-state index in [1.165, 1.54) is 25.5 Å². The lowest BCUT2D eigenvalue weighted by atomic mass is 9.44. The Labute approximate surface area is 153 Å². The molecular formula is C21H36O3S. The monoisotopic (exact) mass is 368 g/mol. The van der Waals surface area contributed by atoms with Crippen LogP contribution in [0.4, 0.5) is 0 Å². The molecule has 0 amide bonds. The first-order chi connectivity index (χ1) is 11.5.